The van der Waals surface area contributed by atoms with E-state index in [1.165, 1.54) is 12.0 Å². The van der Waals surface area contributed by atoms with E-state index < -0.39 is 6.09 Å². The third kappa shape index (κ3) is 4.17. The van der Waals surface area contributed by atoms with Crippen LogP contribution in [0.1, 0.15) is 46.3 Å². The number of ether oxygens (including phenoxy) is 2. The predicted octanol–water partition coefficient (Wildman–Crippen LogP) is 4.37. The number of hydrogen-bond donors (Lipinski definition) is 1. The lowest BCUT2D eigenvalue weighted by Gasteiger charge is -2.16. The van der Waals surface area contributed by atoms with Crippen molar-refractivity contribution in [3.05, 3.63) is 70.8 Å². The molecule has 1 amide bonds. The van der Waals surface area contributed by atoms with E-state index in [0.717, 1.165) is 47.3 Å². The number of hydrogen-bond acceptors (Lipinski definition) is 4. The molecule has 156 valence electrons. The molecule has 2 aromatic rings. The summed E-state index contributed by atoms with van der Waals surface area (Å²) in [4.78, 5) is 24.3. The van der Waals surface area contributed by atoms with Gasteiger partial charge in [0.25, 0.3) is 0 Å². The Morgan fingerprint density at radius 1 is 1.13 bits per heavy atom. The van der Waals surface area contributed by atoms with Crippen LogP contribution < -0.4 is 4.74 Å². The van der Waals surface area contributed by atoms with Crippen molar-refractivity contribution in [1.82, 2.24) is 4.90 Å². The summed E-state index contributed by atoms with van der Waals surface area (Å²) < 4.78 is 10.8. The molecule has 1 aliphatic carbocycles. The Bertz CT molecular complexity index is 980. The zero-order valence-corrected chi connectivity index (χ0v) is 17.0. The minimum Gasteiger partial charge on any atom is -0.489 e. The third-order valence-corrected chi connectivity index (χ3v) is 5.70. The highest BCUT2D eigenvalue weighted by Crippen LogP contribution is 2.33. The van der Waals surface area contributed by atoms with Crippen LogP contribution in [0, 0.1) is 0 Å². The Morgan fingerprint density at radius 3 is 2.63 bits per heavy atom. The number of esters is 1. The first-order chi connectivity index (χ1) is 14.5. The Balaban J connectivity index is 1.52. The molecule has 1 N–H and O–H groups in total. The van der Waals surface area contributed by atoms with Gasteiger partial charge in [-0.05, 0) is 65.8 Å². The molecule has 6 nitrogen and oxygen atoms in total. The molecule has 0 aromatic heterocycles. The van der Waals surface area contributed by atoms with E-state index >= 15 is 0 Å². The molecule has 30 heavy (non-hydrogen) atoms. The Labute approximate surface area is 175 Å². The number of carboxylic acid groups (broad SMARTS) is 1. The predicted molar refractivity (Wildman–Crippen MR) is 113 cm³/mol. The van der Waals surface area contributed by atoms with Crippen LogP contribution in [-0.4, -0.2) is 48.4 Å². The van der Waals surface area contributed by atoms with E-state index in [1.54, 1.807) is 0 Å². The molecule has 0 unspecified atom stereocenters. The quantitative estimate of drug-likeness (QED) is 0.762. The second-order valence-electron chi connectivity index (χ2n) is 7.66. The van der Waals surface area contributed by atoms with Gasteiger partial charge in [-0.1, -0.05) is 24.3 Å². The van der Waals surface area contributed by atoms with E-state index in [2.05, 4.69) is 6.08 Å². The molecular weight excluding hydrogens is 382 g/mol. The molecule has 0 radical (unpaired) electrons. The molecule has 0 saturated carbocycles. The van der Waals surface area contributed by atoms with Gasteiger partial charge in [-0.15, -0.1) is 0 Å². The van der Waals surface area contributed by atoms with Gasteiger partial charge in [0.05, 0.1) is 19.2 Å². The molecule has 4 rings (SSSR count). The van der Waals surface area contributed by atoms with Gasteiger partial charge >= 0.3 is 12.1 Å². The summed E-state index contributed by atoms with van der Waals surface area (Å²) in [5.74, 6) is 0.425. The normalized spacial score (nSPS) is 18.2. The zero-order chi connectivity index (χ0) is 21.1. The van der Waals surface area contributed by atoms with Crippen molar-refractivity contribution >= 4 is 17.6 Å². The smallest absolute Gasteiger partial charge is 0.407 e. The van der Waals surface area contributed by atoms with Crippen LogP contribution in [0.15, 0.2) is 48.5 Å². The Morgan fingerprint density at radius 2 is 1.93 bits per heavy atom. The minimum atomic E-state index is -0.897. The highest BCUT2D eigenvalue weighted by atomic mass is 16.5. The SMILES string of the molecule is COC(=O)c1ccc2c(c1)CCCC=C2c1ccc(O[C@H]2CCN(C(=O)O)C2)cc1. The first-order valence-corrected chi connectivity index (χ1v) is 10.2. The van der Waals surface area contributed by atoms with E-state index in [9.17, 15) is 9.59 Å². The number of carbonyl (C=O) groups is 2. The molecule has 2 aromatic carbocycles. The average Bonchev–Trinajstić information content (AvgIpc) is 3.13. The van der Waals surface area contributed by atoms with Gasteiger partial charge in [0, 0.05) is 13.0 Å². The fourth-order valence-corrected chi connectivity index (χ4v) is 4.13. The maximum atomic E-state index is 11.9. The number of carbonyl (C=O) groups excluding carboxylic acids is 1. The van der Waals surface area contributed by atoms with Gasteiger partial charge in [-0.3, -0.25) is 0 Å². The average molecular weight is 407 g/mol. The zero-order valence-electron chi connectivity index (χ0n) is 17.0. The van der Waals surface area contributed by atoms with Crippen molar-refractivity contribution in [3.63, 3.8) is 0 Å². The molecule has 1 fully saturated rings. The number of methoxy groups -OCH3 is 1. The molecule has 0 spiro atoms. The van der Waals surface area contributed by atoms with Gasteiger partial charge in [0.15, 0.2) is 0 Å². The topological polar surface area (TPSA) is 76.1 Å². The van der Waals surface area contributed by atoms with Crippen molar-refractivity contribution in [3.8, 4) is 5.75 Å². The van der Waals surface area contributed by atoms with Gasteiger partial charge < -0.3 is 19.5 Å². The molecule has 1 saturated heterocycles. The van der Waals surface area contributed by atoms with Gasteiger partial charge in [0.2, 0.25) is 0 Å². The molecule has 2 aliphatic rings. The van der Waals surface area contributed by atoms with Crippen LogP contribution in [0.25, 0.3) is 5.57 Å². The number of likely N-dealkylation sites (tertiary alicyclic amines) is 1. The lowest BCUT2D eigenvalue weighted by Crippen LogP contribution is -2.29. The van der Waals surface area contributed by atoms with Crippen LogP contribution >= 0.6 is 0 Å². The van der Waals surface area contributed by atoms with Crippen LogP contribution in [-0.2, 0) is 11.2 Å². The summed E-state index contributed by atoms with van der Waals surface area (Å²) >= 11 is 0. The Hall–Kier alpha value is -3.28. The number of rotatable bonds is 4. The van der Waals surface area contributed by atoms with Crippen LogP contribution in [0.5, 0.6) is 5.75 Å². The fourth-order valence-electron chi connectivity index (χ4n) is 4.13. The molecular formula is C24H25NO5. The van der Waals surface area contributed by atoms with Gasteiger partial charge in [-0.2, -0.15) is 0 Å². The highest BCUT2D eigenvalue weighted by molar-refractivity contribution is 5.91. The monoisotopic (exact) mass is 407 g/mol. The number of benzene rings is 2. The first kappa shape index (κ1) is 20.0. The largest absolute Gasteiger partial charge is 0.489 e. The first-order valence-electron chi connectivity index (χ1n) is 10.2. The standard InChI is InChI=1S/C24H25NO5/c1-29-23(26)18-8-11-22-17(14-18)4-2-3-5-21(22)16-6-9-19(10-7-16)30-20-12-13-25(15-20)24(27)28/h5-11,14,20H,2-4,12-13,15H2,1H3,(H,27,28)/t20-/m0/s1. The number of nitrogens with zero attached hydrogens (tertiary/aromatic N) is 1. The number of aryl methyl sites for hydroxylation is 1. The lowest BCUT2D eigenvalue weighted by atomic mass is 9.92. The lowest BCUT2D eigenvalue weighted by molar-refractivity contribution is 0.0600. The maximum Gasteiger partial charge on any atom is 0.407 e. The fraction of sp³-hybridized carbons (Fsp3) is 0.333. The Kier molecular flexibility index (Phi) is 5.74. The van der Waals surface area contributed by atoms with Crippen molar-refractivity contribution in [2.75, 3.05) is 20.2 Å². The van der Waals surface area contributed by atoms with Gasteiger partial charge in [0.1, 0.15) is 11.9 Å². The number of allylic oxidation sites excluding steroid dienone is 1. The van der Waals surface area contributed by atoms with E-state index in [1.807, 2.05) is 42.5 Å². The minimum absolute atomic E-state index is 0.110. The van der Waals surface area contributed by atoms with Crippen LogP contribution in [0.3, 0.4) is 0 Å². The van der Waals surface area contributed by atoms with Gasteiger partial charge in [-0.25, -0.2) is 9.59 Å². The summed E-state index contributed by atoms with van der Waals surface area (Å²) in [6, 6.07) is 13.7. The van der Waals surface area contributed by atoms with E-state index in [0.29, 0.717) is 25.1 Å². The number of amides is 1. The van der Waals surface area contributed by atoms with Crippen molar-refractivity contribution < 1.29 is 24.2 Å². The summed E-state index contributed by atoms with van der Waals surface area (Å²) in [5, 5.41) is 9.08. The maximum absolute atomic E-state index is 11.9. The molecule has 1 aliphatic heterocycles. The highest BCUT2D eigenvalue weighted by Gasteiger charge is 2.27. The molecule has 1 heterocycles. The van der Waals surface area contributed by atoms with Crippen molar-refractivity contribution in [2.45, 2.75) is 31.8 Å². The third-order valence-electron chi connectivity index (χ3n) is 5.70. The van der Waals surface area contributed by atoms with Crippen molar-refractivity contribution in [1.29, 1.82) is 0 Å². The summed E-state index contributed by atoms with van der Waals surface area (Å²) in [5.41, 5.74) is 5.12. The second-order valence-corrected chi connectivity index (χ2v) is 7.66. The van der Waals surface area contributed by atoms with Crippen LogP contribution in [0.4, 0.5) is 4.79 Å². The summed E-state index contributed by atoms with van der Waals surface area (Å²) in [6.07, 6.45) is 4.87. The van der Waals surface area contributed by atoms with Crippen LogP contribution in [0.2, 0.25) is 0 Å². The molecule has 6 heteroatoms. The number of fused-ring (bicyclic) bond motifs is 1. The second kappa shape index (κ2) is 8.61. The molecule has 1 atom stereocenters. The van der Waals surface area contributed by atoms with Crippen molar-refractivity contribution in [2.24, 2.45) is 0 Å². The van der Waals surface area contributed by atoms with E-state index in [-0.39, 0.29) is 12.1 Å². The summed E-state index contributed by atoms with van der Waals surface area (Å²) in [6.45, 7) is 0.910. The van der Waals surface area contributed by atoms with E-state index in [4.69, 9.17) is 14.6 Å². The molecule has 0 bridgehead atoms. The summed E-state index contributed by atoms with van der Waals surface area (Å²) in [7, 11) is 1.40.